The smallest absolute Gasteiger partial charge is 0.319 e. The molecule has 2 N–H and O–H groups in total. The Balaban J connectivity index is 1.50. The molecule has 6 heteroatoms. The fourth-order valence-electron chi connectivity index (χ4n) is 3.18. The molecule has 2 fully saturated rings. The van der Waals surface area contributed by atoms with Crippen LogP contribution in [0.5, 0.6) is 11.9 Å². The summed E-state index contributed by atoms with van der Waals surface area (Å²) in [7, 11) is 0. The summed E-state index contributed by atoms with van der Waals surface area (Å²) in [6.45, 7) is 7.61. The van der Waals surface area contributed by atoms with Crippen LogP contribution in [0, 0.1) is 18.8 Å². The number of rotatable bonds is 6. The first kappa shape index (κ1) is 16.5. The molecule has 0 saturated carbocycles. The van der Waals surface area contributed by atoms with Crippen LogP contribution in [0.4, 0.5) is 0 Å². The van der Waals surface area contributed by atoms with E-state index >= 15 is 0 Å². The summed E-state index contributed by atoms with van der Waals surface area (Å²) in [5.74, 6) is 1.74. The van der Waals surface area contributed by atoms with Gasteiger partial charge in [0.05, 0.1) is 13.2 Å². The fraction of sp³-hybridized carbons (Fsp3) is 0.765. The molecule has 2 aliphatic heterocycles. The van der Waals surface area contributed by atoms with Crippen molar-refractivity contribution in [1.29, 1.82) is 0 Å². The molecular formula is C17H28N4O2. The maximum atomic E-state index is 5.88. The Morgan fingerprint density at radius 1 is 1.00 bits per heavy atom. The number of hydrogen-bond acceptors (Lipinski definition) is 6. The quantitative estimate of drug-likeness (QED) is 0.829. The largest absolute Gasteiger partial charge is 0.477 e. The molecule has 1 aromatic rings. The van der Waals surface area contributed by atoms with Gasteiger partial charge in [-0.25, -0.2) is 4.98 Å². The van der Waals surface area contributed by atoms with E-state index < -0.39 is 0 Å². The molecule has 0 bridgehead atoms. The molecule has 128 valence electrons. The average molecular weight is 320 g/mol. The van der Waals surface area contributed by atoms with Gasteiger partial charge in [0.15, 0.2) is 0 Å². The van der Waals surface area contributed by atoms with Gasteiger partial charge < -0.3 is 20.1 Å². The first-order valence-corrected chi connectivity index (χ1v) is 8.82. The zero-order valence-electron chi connectivity index (χ0n) is 14.0. The number of aryl methyl sites for hydroxylation is 1. The van der Waals surface area contributed by atoms with Crippen molar-refractivity contribution in [2.45, 2.75) is 32.6 Å². The minimum Gasteiger partial charge on any atom is -0.477 e. The lowest BCUT2D eigenvalue weighted by Crippen LogP contribution is -2.33. The minimum atomic E-state index is 0.437. The molecule has 0 spiro atoms. The second-order valence-electron chi connectivity index (χ2n) is 6.68. The maximum Gasteiger partial charge on any atom is 0.319 e. The van der Waals surface area contributed by atoms with Crippen LogP contribution in [0.25, 0.3) is 0 Å². The summed E-state index contributed by atoms with van der Waals surface area (Å²) in [5, 5.41) is 6.81. The van der Waals surface area contributed by atoms with Gasteiger partial charge in [0.1, 0.15) is 0 Å². The minimum absolute atomic E-state index is 0.437. The van der Waals surface area contributed by atoms with E-state index in [9.17, 15) is 0 Å². The van der Waals surface area contributed by atoms with Gasteiger partial charge in [-0.05, 0) is 45.7 Å². The Labute approximate surface area is 138 Å². The van der Waals surface area contributed by atoms with E-state index in [0.29, 0.717) is 36.9 Å². The highest BCUT2D eigenvalue weighted by Crippen LogP contribution is 2.18. The third kappa shape index (κ3) is 5.32. The van der Waals surface area contributed by atoms with Crippen molar-refractivity contribution < 1.29 is 9.47 Å². The van der Waals surface area contributed by atoms with Gasteiger partial charge in [0.2, 0.25) is 5.88 Å². The van der Waals surface area contributed by atoms with Crippen LogP contribution in [-0.2, 0) is 0 Å². The van der Waals surface area contributed by atoms with Gasteiger partial charge in [-0.3, -0.25) is 0 Å². The predicted molar refractivity (Wildman–Crippen MR) is 88.9 cm³/mol. The molecule has 3 rings (SSSR count). The highest BCUT2D eigenvalue weighted by Gasteiger charge is 2.16. The molecule has 2 atom stereocenters. The molecule has 0 amide bonds. The van der Waals surface area contributed by atoms with Crippen molar-refractivity contribution in [3.05, 3.63) is 11.8 Å². The van der Waals surface area contributed by atoms with Crippen molar-refractivity contribution in [1.82, 2.24) is 20.6 Å². The summed E-state index contributed by atoms with van der Waals surface area (Å²) in [4.78, 5) is 8.77. The van der Waals surface area contributed by atoms with E-state index in [1.165, 1.54) is 25.7 Å². The lowest BCUT2D eigenvalue weighted by molar-refractivity contribution is 0.191. The number of hydrogen-bond donors (Lipinski definition) is 2. The zero-order chi connectivity index (χ0) is 15.9. The molecule has 3 heterocycles. The van der Waals surface area contributed by atoms with E-state index in [0.717, 1.165) is 31.9 Å². The second-order valence-corrected chi connectivity index (χ2v) is 6.68. The van der Waals surface area contributed by atoms with Gasteiger partial charge in [0.25, 0.3) is 0 Å². The Hall–Kier alpha value is -1.40. The van der Waals surface area contributed by atoms with Crippen molar-refractivity contribution in [2.24, 2.45) is 11.8 Å². The van der Waals surface area contributed by atoms with Crippen LogP contribution in [-0.4, -0.2) is 49.4 Å². The van der Waals surface area contributed by atoms with Crippen LogP contribution in [0.15, 0.2) is 6.07 Å². The number of nitrogens with zero attached hydrogens (tertiary/aromatic N) is 2. The third-order valence-corrected chi connectivity index (χ3v) is 4.52. The summed E-state index contributed by atoms with van der Waals surface area (Å²) < 4.78 is 11.7. The van der Waals surface area contributed by atoms with Gasteiger partial charge in [0, 0.05) is 36.7 Å². The highest BCUT2D eigenvalue weighted by molar-refractivity contribution is 5.17. The number of nitrogens with one attached hydrogen (secondary N) is 2. The Kier molecular flexibility index (Phi) is 6.05. The predicted octanol–water partition coefficient (Wildman–Crippen LogP) is 1.54. The molecular weight excluding hydrogens is 292 g/mol. The van der Waals surface area contributed by atoms with Gasteiger partial charge in [-0.1, -0.05) is 0 Å². The van der Waals surface area contributed by atoms with E-state index in [1.807, 2.05) is 13.0 Å². The van der Waals surface area contributed by atoms with E-state index in [2.05, 4.69) is 20.6 Å². The van der Waals surface area contributed by atoms with Gasteiger partial charge >= 0.3 is 6.01 Å². The molecule has 0 aliphatic carbocycles. The van der Waals surface area contributed by atoms with Crippen molar-refractivity contribution in [3.8, 4) is 11.9 Å². The Morgan fingerprint density at radius 3 is 2.26 bits per heavy atom. The second kappa shape index (κ2) is 8.45. The SMILES string of the molecule is Cc1cc(OC[C@H]2CCCNC2)nc(OC[C@@H]2CCCNC2)n1. The Bertz CT molecular complexity index is 445. The van der Waals surface area contributed by atoms with Crippen molar-refractivity contribution in [3.63, 3.8) is 0 Å². The average Bonchev–Trinajstić information content (AvgIpc) is 2.60. The van der Waals surface area contributed by atoms with E-state index in [-0.39, 0.29) is 0 Å². The van der Waals surface area contributed by atoms with Crippen LogP contribution < -0.4 is 20.1 Å². The fourth-order valence-corrected chi connectivity index (χ4v) is 3.18. The van der Waals surface area contributed by atoms with Crippen LogP contribution in [0.3, 0.4) is 0 Å². The molecule has 23 heavy (non-hydrogen) atoms. The van der Waals surface area contributed by atoms with Crippen LogP contribution in [0.2, 0.25) is 0 Å². The molecule has 0 aromatic carbocycles. The molecule has 2 saturated heterocycles. The topological polar surface area (TPSA) is 68.3 Å². The number of ether oxygens (including phenoxy) is 2. The summed E-state index contributed by atoms with van der Waals surface area (Å²) in [6, 6.07) is 2.32. The van der Waals surface area contributed by atoms with Gasteiger partial charge in [-0.2, -0.15) is 4.98 Å². The van der Waals surface area contributed by atoms with Crippen molar-refractivity contribution >= 4 is 0 Å². The molecule has 2 aliphatic rings. The molecule has 0 unspecified atom stereocenters. The van der Waals surface area contributed by atoms with E-state index in [1.54, 1.807) is 0 Å². The van der Waals surface area contributed by atoms with E-state index in [4.69, 9.17) is 9.47 Å². The first-order chi connectivity index (χ1) is 11.3. The van der Waals surface area contributed by atoms with Gasteiger partial charge in [-0.15, -0.1) is 0 Å². The Morgan fingerprint density at radius 2 is 1.65 bits per heavy atom. The lowest BCUT2D eigenvalue weighted by atomic mass is 10.0. The van der Waals surface area contributed by atoms with Crippen molar-refractivity contribution in [2.75, 3.05) is 39.4 Å². The van der Waals surface area contributed by atoms with Crippen LogP contribution >= 0.6 is 0 Å². The standard InChI is InChI=1S/C17H28N4O2/c1-13-8-16(22-11-14-4-2-6-18-9-14)21-17(20-13)23-12-15-5-3-7-19-10-15/h8,14-15,18-19H,2-7,9-12H2,1H3/t14-,15+/m0/s1. The third-order valence-electron chi connectivity index (χ3n) is 4.52. The first-order valence-electron chi connectivity index (χ1n) is 8.82. The summed E-state index contributed by atoms with van der Waals surface area (Å²) in [6.07, 6.45) is 4.86. The molecule has 0 radical (unpaired) electrons. The highest BCUT2D eigenvalue weighted by atomic mass is 16.5. The van der Waals surface area contributed by atoms with Crippen LogP contribution in [0.1, 0.15) is 31.4 Å². The molecule has 1 aromatic heterocycles. The number of piperidine rings is 2. The summed E-state index contributed by atoms with van der Waals surface area (Å²) in [5.41, 5.74) is 0.883. The maximum absolute atomic E-state index is 5.88. The zero-order valence-corrected chi connectivity index (χ0v) is 14.0. The number of aromatic nitrogens is 2. The molecule has 6 nitrogen and oxygen atoms in total. The normalized spacial score (nSPS) is 25.1. The monoisotopic (exact) mass is 320 g/mol. The lowest BCUT2D eigenvalue weighted by Gasteiger charge is -2.23. The summed E-state index contributed by atoms with van der Waals surface area (Å²) >= 11 is 0.